The van der Waals surface area contributed by atoms with Crippen molar-refractivity contribution < 1.29 is 0 Å². The lowest BCUT2D eigenvalue weighted by Crippen LogP contribution is -2.01. The summed E-state index contributed by atoms with van der Waals surface area (Å²) in [7, 11) is 0. The van der Waals surface area contributed by atoms with Crippen LogP contribution in [0.1, 0.15) is 12.7 Å². The Morgan fingerprint density at radius 3 is 2.57 bits per heavy atom. The monoisotopic (exact) mass is 367 g/mol. The molecule has 0 aliphatic carbocycles. The van der Waals surface area contributed by atoms with E-state index >= 15 is 0 Å². The van der Waals surface area contributed by atoms with E-state index < -0.39 is 0 Å². The van der Waals surface area contributed by atoms with Gasteiger partial charge in [0.05, 0.1) is 5.52 Å². The number of benzene rings is 2. The molecule has 136 valence electrons. The van der Waals surface area contributed by atoms with Crippen LogP contribution >= 0.6 is 0 Å². The number of hydrogen-bond acceptors (Lipinski definition) is 6. The number of aromatic amines is 1. The minimum Gasteiger partial charge on any atom is -0.307 e. The third kappa shape index (κ3) is 2.83. The molecule has 0 aliphatic rings. The minimum atomic E-state index is 0.484. The maximum atomic E-state index is 4.77. The van der Waals surface area contributed by atoms with Crippen LogP contribution in [-0.4, -0.2) is 30.1 Å². The predicted octanol–water partition coefficient (Wildman–Crippen LogP) is 4.27. The van der Waals surface area contributed by atoms with Gasteiger partial charge in [-0.1, -0.05) is 43.3 Å². The molecule has 28 heavy (non-hydrogen) atoms. The Bertz CT molecular complexity index is 1290. The quantitative estimate of drug-likeness (QED) is 0.493. The highest BCUT2D eigenvalue weighted by molar-refractivity contribution is 5.96. The average Bonchev–Trinajstić information content (AvgIpc) is 3.21. The number of fused-ring (bicyclic) bond motifs is 2. The van der Waals surface area contributed by atoms with Crippen molar-refractivity contribution in [3.8, 4) is 11.5 Å². The van der Waals surface area contributed by atoms with Crippen molar-refractivity contribution in [2.24, 2.45) is 0 Å². The van der Waals surface area contributed by atoms with Crippen LogP contribution in [0.3, 0.4) is 0 Å². The van der Waals surface area contributed by atoms with Gasteiger partial charge in [0.15, 0.2) is 5.82 Å². The fraction of sp³-hybridized carbons (Fsp3) is 0.0952. The Balaban J connectivity index is 1.70. The fourth-order valence-electron chi connectivity index (χ4n) is 3.19. The molecule has 3 heterocycles. The number of aryl methyl sites for hydroxylation is 1. The van der Waals surface area contributed by atoms with Crippen molar-refractivity contribution >= 4 is 33.4 Å². The van der Waals surface area contributed by atoms with Crippen molar-refractivity contribution in [1.29, 1.82) is 0 Å². The standard InChI is InChI=1S/C21H17N7/c1-2-17-24-21(28-27-17)26-19-15-9-5-6-10-16(15)23-20(25-19)18-14-8-4-3-7-13(14)11-12-22-18/h3-12H,2H2,1H3,(H2,23,24,25,26,27,28). The number of anilines is 2. The summed E-state index contributed by atoms with van der Waals surface area (Å²) in [4.78, 5) is 18.5. The van der Waals surface area contributed by atoms with Gasteiger partial charge >= 0.3 is 0 Å². The molecule has 3 aromatic heterocycles. The maximum absolute atomic E-state index is 4.77. The molecule has 0 amide bonds. The molecule has 5 aromatic rings. The van der Waals surface area contributed by atoms with Gasteiger partial charge in [0, 0.05) is 23.4 Å². The molecule has 0 saturated carbocycles. The molecule has 7 nitrogen and oxygen atoms in total. The number of rotatable bonds is 4. The second-order valence-corrected chi connectivity index (χ2v) is 6.38. The largest absolute Gasteiger partial charge is 0.307 e. The predicted molar refractivity (Wildman–Crippen MR) is 109 cm³/mol. The van der Waals surface area contributed by atoms with E-state index in [-0.39, 0.29) is 0 Å². The molecular formula is C21H17N7. The lowest BCUT2D eigenvalue weighted by Gasteiger charge is -2.10. The van der Waals surface area contributed by atoms with Crippen LogP contribution in [0.4, 0.5) is 11.8 Å². The maximum Gasteiger partial charge on any atom is 0.247 e. The molecule has 2 N–H and O–H groups in total. The number of para-hydroxylation sites is 1. The van der Waals surface area contributed by atoms with Gasteiger partial charge in [0.1, 0.15) is 17.3 Å². The smallest absolute Gasteiger partial charge is 0.247 e. The van der Waals surface area contributed by atoms with Gasteiger partial charge in [-0.3, -0.25) is 10.1 Å². The Morgan fingerprint density at radius 2 is 1.71 bits per heavy atom. The van der Waals surface area contributed by atoms with Crippen molar-refractivity contribution in [2.45, 2.75) is 13.3 Å². The summed E-state index contributed by atoms with van der Waals surface area (Å²) in [5.74, 6) is 2.51. The Hall–Kier alpha value is -3.87. The van der Waals surface area contributed by atoms with Gasteiger partial charge in [0.2, 0.25) is 5.95 Å². The van der Waals surface area contributed by atoms with Crippen LogP contribution in [0.25, 0.3) is 33.2 Å². The summed E-state index contributed by atoms with van der Waals surface area (Å²) in [6, 6.07) is 17.9. The Kier molecular flexibility index (Phi) is 3.90. The molecule has 0 saturated heterocycles. The molecule has 0 fully saturated rings. The highest BCUT2D eigenvalue weighted by Gasteiger charge is 2.14. The molecular weight excluding hydrogens is 350 g/mol. The van der Waals surface area contributed by atoms with Crippen LogP contribution in [0.5, 0.6) is 0 Å². The van der Waals surface area contributed by atoms with Gasteiger partial charge in [0.25, 0.3) is 0 Å². The second-order valence-electron chi connectivity index (χ2n) is 6.38. The number of nitrogens with one attached hydrogen (secondary N) is 2. The molecule has 0 bridgehead atoms. The van der Waals surface area contributed by atoms with Gasteiger partial charge in [-0.25, -0.2) is 9.97 Å². The van der Waals surface area contributed by atoms with Crippen molar-refractivity contribution in [2.75, 3.05) is 5.32 Å². The number of pyridine rings is 1. The van der Waals surface area contributed by atoms with E-state index in [0.29, 0.717) is 17.6 Å². The normalized spacial score (nSPS) is 11.2. The first-order chi connectivity index (χ1) is 13.8. The molecule has 0 unspecified atom stereocenters. The Labute approximate surface area is 160 Å². The van der Waals surface area contributed by atoms with E-state index in [1.54, 1.807) is 6.20 Å². The van der Waals surface area contributed by atoms with Gasteiger partial charge in [-0.2, -0.15) is 4.98 Å². The number of hydrogen-bond donors (Lipinski definition) is 2. The average molecular weight is 367 g/mol. The van der Waals surface area contributed by atoms with Crippen LogP contribution in [0.2, 0.25) is 0 Å². The number of H-pyrrole nitrogens is 1. The van der Waals surface area contributed by atoms with Gasteiger partial charge in [-0.15, -0.1) is 5.10 Å². The van der Waals surface area contributed by atoms with E-state index in [9.17, 15) is 0 Å². The number of nitrogens with zero attached hydrogens (tertiary/aromatic N) is 5. The van der Waals surface area contributed by atoms with Gasteiger partial charge in [-0.05, 0) is 23.6 Å². The van der Waals surface area contributed by atoms with Crippen LogP contribution in [0, 0.1) is 0 Å². The molecule has 5 rings (SSSR count). The van der Waals surface area contributed by atoms with E-state index in [1.165, 1.54) is 0 Å². The van der Waals surface area contributed by atoms with E-state index in [4.69, 9.17) is 9.97 Å². The minimum absolute atomic E-state index is 0.484. The summed E-state index contributed by atoms with van der Waals surface area (Å²) in [5.41, 5.74) is 1.58. The highest BCUT2D eigenvalue weighted by Crippen LogP contribution is 2.29. The molecule has 2 aromatic carbocycles. The van der Waals surface area contributed by atoms with Crippen molar-refractivity contribution in [3.05, 3.63) is 66.6 Å². The molecule has 0 radical (unpaired) electrons. The molecule has 0 atom stereocenters. The molecule has 0 spiro atoms. The summed E-state index contributed by atoms with van der Waals surface area (Å²) in [5, 5.41) is 13.4. The van der Waals surface area contributed by atoms with E-state index in [0.717, 1.165) is 39.6 Å². The zero-order chi connectivity index (χ0) is 18.9. The van der Waals surface area contributed by atoms with Crippen LogP contribution < -0.4 is 5.32 Å². The SMILES string of the molecule is CCc1nc(Nc2nc(-c3nccc4ccccc34)nc3ccccc23)n[nH]1. The first-order valence-corrected chi connectivity index (χ1v) is 9.11. The van der Waals surface area contributed by atoms with E-state index in [1.807, 2.05) is 55.5 Å². The topological polar surface area (TPSA) is 92.3 Å². The third-order valence-corrected chi connectivity index (χ3v) is 4.59. The summed E-state index contributed by atoms with van der Waals surface area (Å²) in [6.07, 6.45) is 2.57. The lowest BCUT2D eigenvalue weighted by atomic mass is 10.1. The van der Waals surface area contributed by atoms with Crippen molar-refractivity contribution in [3.63, 3.8) is 0 Å². The van der Waals surface area contributed by atoms with Crippen molar-refractivity contribution in [1.82, 2.24) is 30.1 Å². The van der Waals surface area contributed by atoms with Crippen LogP contribution in [-0.2, 0) is 6.42 Å². The summed E-state index contributed by atoms with van der Waals surface area (Å²) < 4.78 is 0. The summed E-state index contributed by atoms with van der Waals surface area (Å²) in [6.45, 7) is 2.02. The van der Waals surface area contributed by atoms with Gasteiger partial charge < -0.3 is 5.32 Å². The van der Waals surface area contributed by atoms with Crippen LogP contribution in [0.15, 0.2) is 60.8 Å². The first-order valence-electron chi connectivity index (χ1n) is 9.11. The summed E-state index contributed by atoms with van der Waals surface area (Å²) >= 11 is 0. The zero-order valence-corrected chi connectivity index (χ0v) is 15.2. The fourth-order valence-corrected chi connectivity index (χ4v) is 3.19. The molecule has 7 heteroatoms. The molecule has 0 aliphatic heterocycles. The Morgan fingerprint density at radius 1 is 0.893 bits per heavy atom. The van der Waals surface area contributed by atoms with E-state index in [2.05, 4.69) is 31.5 Å². The second kappa shape index (κ2) is 6.70. The first kappa shape index (κ1) is 16.3. The highest BCUT2D eigenvalue weighted by atomic mass is 15.3. The lowest BCUT2D eigenvalue weighted by molar-refractivity contribution is 0.946. The third-order valence-electron chi connectivity index (χ3n) is 4.59. The number of aromatic nitrogens is 6. The zero-order valence-electron chi connectivity index (χ0n) is 15.2.